The molecule has 2 N–H and O–H groups in total. The molecule has 5 nitrogen and oxygen atoms in total. The molecule has 122 valence electrons. The average Bonchev–Trinajstić information content (AvgIpc) is 3.14. The molecule has 0 radical (unpaired) electrons. The van der Waals surface area contributed by atoms with Crippen LogP contribution < -0.4 is 10.6 Å². The summed E-state index contributed by atoms with van der Waals surface area (Å²) in [4.78, 5) is 11.6. The van der Waals surface area contributed by atoms with E-state index < -0.39 is 0 Å². The zero-order valence-electron chi connectivity index (χ0n) is 13.8. The predicted molar refractivity (Wildman–Crippen MR) is 92.4 cm³/mol. The maximum Gasteiger partial charge on any atom is 0.191 e. The fraction of sp³-hybridized carbons (Fsp3) is 0.750. The number of likely N-dealkylation sites (tertiary alicyclic amines) is 1. The van der Waals surface area contributed by atoms with Gasteiger partial charge in [-0.05, 0) is 32.6 Å². The zero-order valence-corrected chi connectivity index (χ0v) is 14.6. The molecule has 2 aliphatic rings. The number of hydrogen-bond donors (Lipinski definition) is 2. The normalized spacial score (nSPS) is 26.4. The minimum absolute atomic E-state index is 0.503. The van der Waals surface area contributed by atoms with Crippen molar-refractivity contribution in [3.8, 4) is 0 Å². The molecule has 1 saturated carbocycles. The van der Waals surface area contributed by atoms with Crippen molar-refractivity contribution in [2.24, 2.45) is 4.99 Å². The fourth-order valence-corrected chi connectivity index (χ4v) is 3.98. The number of guanidine groups is 1. The third-order valence-electron chi connectivity index (χ3n) is 4.54. The molecule has 22 heavy (non-hydrogen) atoms. The molecule has 0 spiro atoms. The zero-order chi connectivity index (χ0) is 15.5. The van der Waals surface area contributed by atoms with E-state index in [1.54, 1.807) is 11.3 Å². The van der Waals surface area contributed by atoms with Crippen molar-refractivity contribution in [2.45, 2.75) is 64.2 Å². The summed E-state index contributed by atoms with van der Waals surface area (Å²) in [5.74, 6) is 0.890. The number of nitrogens with zero attached hydrogens (tertiary/aromatic N) is 3. The third-order valence-corrected chi connectivity index (χ3v) is 5.58. The van der Waals surface area contributed by atoms with Gasteiger partial charge in [-0.1, -0.05) is 6.92 Å². The predicted octanol–water partition coefficient (Wildman–Crippen LogP) is 2.00. The summed E-state index contributed by atoms with van der Waals surface area (Å²) in [5, 5.41) is 10.3. The van der Waals surface area contributed by atoms with Crippen LogP contribution in [-0.4, -0.2) is 47.6 Å². The summed E-state index contributed by atoms with van der Waals surface area (Å²) in [6, 6.07) is 2.04. The molecule has 1 aliphatic heterocycles. The van der Waals surface area contributed by atoms with Crippen LogP contribution in [0.2, 0.25) is 0 Å². The number of rotatable bonds is 5. The molecule has 2 fully saturated rings. The van der Waals surface area contributed by atoms with Crippen LogP contribution >= 0.6 is 11.3 Å². The van der Waals surface area contributed by atoms with Gasteiger partial charge in [-0.15, -0.1) is 11.3 Å². The molecule has 1 saturated heterocycles. The maximum atomic E-state index is 4.59. The quantitative estimate of drug-likeness (QED) is 0.643. The van der Waals surface area contributed by atoms with E-state index in [4.69, 9.17) is 0 Å². The highest BCUT2D eigenvalue weighted by atomic mass is 32.1. The first-order chi connectivity index (χ1) is 10.7. The van der Waals surface area contributed by atoms with Crippen LogP contribution in [0, 0.1) is 0 Å². The maximum absolute atomic E-state index is 4.59. The highest BCUT2D eigenvalue weighted by molar-refractivity contribution is 7.09. The van der Waals surface area contributed by atoms with E-state index in [0.29, 0.717) is 12.1 Å². The second-order valence-electron chi connectivity index (χ2n) is 6.37. The van der Waals surface area contributed by atoms with E-state index in [9.17, 15) is 0 Å². The Bertz CT molecular complexity index is 522. The van der Waals surface area contributed by atoms with Crippen LogP contribution in [-0.2, 0) is 13.0 Å². The Morgan fingerprint density at radius 1 is 1.50 bits per heavy atom. The van der Waals surface area contributed by atoms with Gasteiger partial charge in [0.1, 0.15) is 0 Å². The summed E-state index contributed by atoms with van der Waals surface area (Å²) in [6.45, 7) is 6.37. The standard InChI is InChI=1S/C16H27N5S/c1-4-15-19-13(10-22-15)8-18-16(17-3)20-12-7-11(2)21(9-12)14-5-6-14/h10-12,14H,4-9H2,1-3H3,(H2,17,18,20). The van der Waals surface area contributed by atoms with Crippen LogP contribution in [0.15, 0.2) is 10.4 Å². The first-order valence-electron chi connectivity index (χ1n) is 8.35. The first-order valence-corrected chi connectivity index (χ1v) is 9.23. The number of aromatic nitrogens is 1. The Labute approximate surface area is 137 Å². The summed E-state index contributed by atoms with van der Waals surface area (Å²) >= 11 is 1.73. The van der Waals surface area contributed by atoms with Gasteiger partial charge in [0.25, 0.3) is 0 Å². The molecule has 6 heteroatoms. The van der Waals surface area contributed by atoms with Crippen molar-refractivity contribution in [3.05, 3.63) is 16.1 Å². The Balaban J connectivity index is 1.47. The molecular formula is C16H27N5S. The highest BCUT2D eigenvalue weighted by Crippen LogP contribution is 2.33. The van der Waals surface area contributed by atoms with Gasteiger partial charge in [-0.3, -0.25) is 9.89 Å². The molecule has 2 atom stereocenters. The van der Waals surface area contributed by atoms with Gasteiger partial charge in [0, 0.05) is 37.1 Å². The highest BCUT2D eigenvalue weighted by Gasteiger charge is 2.38. The third kappa shape index (κ3) is 3.79. The van der Waals surface area contributed by atoms with Crippen LogP contribution in [0.4, 0.5) is 0 Å². The van der Waals surface area contributed by atoms with Crippen molar-refractivity contribution in [1.29, 1.82) is 0 Å². The molecule has 3 rings (SSSR count). The molecular weight excluding hydrogens is 294 g/mol. The Morgan fingerprint density at radius 3 is 2.95 bits per heavy atom. The first kappa shape index (κ1) is 15.7. The van der Waals surface area contributed by atoms with E-state index >= 15 is 0 Å². The molecule has 0 aromatic carbocycles. The lowest BCUT2D eigenvalue weighted by molar-refractivity contribution is 0.256. The van der Waals surface area contributed by atoms with E-state index in [2.05, 4.69) is 44.7 Å². The number of thiazole rings is 1. The van der Waals surface area contributed by atoms with Gasteiger partial charge >= 0.3 is 0 Å². The van der Waals surface area contributed by atoms with Crippen LogP contribution in [0.25, 0.3) is 0 Å². The van der Waals surface area contributed by atoms with E-state index in [1.165, 1.54) is 24.3 Å². The average molecular weight is 321 g/mol. The van der Waals surface area contributed by atoms with E-state index in [1.807, 2.05) is 7.05 Å². The monoisotopic (exact) mass is 321 g/mol. The topological polar surface area (TPSA) is 52.6 Å². The smallest absolute Gasteiger partial charge is 0.191 e. The number of hydrogen-bond acceptors (Lipinski definition) is 4. The molecule has 1 aromatic rings. The van der Waals surface area contributed by atoms with Crippen LogP contribution in [0.5, 0.6) is 0 Å². The minimum atomic E-state index is 0.503. The van der Waals surface area contributed by atoms with Gasteiger partial charge in [0.2, 0.25) is 0 Å². The second-order valence-corrected chi connectivity index (χ2v) is 7.31. The molecule has 0 amide bonds. The van der Waals surface area contributed by atoms with Gasteiger partial charge in [-0.2, -0.15) is 0 Å². The molecule has 2 unspecified atom stereocenters. The lowest BCUT2D eigenvalue weighted by Crippen LogP contribution is -2.44. The van der Waals surface area contributed by atoms with Crippen molar-refractivity contribution < 1.29 is 0 Å². The van der Waals surface area contributed by atoms with Crippen molar-refractivity contribution >= 4 is 17.3 Å². The molecule has 1 aromatic heterocycles. The van der Waals surface area contributed by atoms with Gasteiger partial charge in [0.15, 0.2) is 5.96 Å². The van der Waals surface area contributed by atoms with Gasteiger partial charge in [0.05, 0.1) is 17.2 Å². The van der Waals surface area contributed by atoms with Crippen LogP contribution in [0.1, 0.15) is 43.8 Å². The Morgan fingerprint density at radius 2 is 2.32 bits per heavy atom. The largest absolute Gasteiger partial charge is 0.352 e. The summed E-state index contributed by atoms with van der Waals surface area (Å²) in [7, 11) is 1.84. The Kier molecular flexibility index (Phi) is 4.98. The molecule has 0 bridgehead atoms. The van der Waals surface area contributed by atoms with Crippen molar-refractivity contribution in [2.75, 3.05) is 13.6 Å². The SMILES string of the molecule is CCc1nc(CNC(=NC)NC2CC(C)N(C3CC3)C2)cs1. The minimum Gasteiger partial charge on any atom is -0.352 e. The lowest BCUT2D eigenvalue weighted by Gasteiger charge is -2.20. The Hall–Kier alpha value is -1.14. The summed E-state index contributed by atoms with van der Waals surface area (Å²) in [5.41, 5.74) is 1.10. The number of aryl methyl sites for hydroxylation is 1. The fourth-order valence-electron chi connectivity index (χ4n) is 3.23. The van der Waals surface area contributed by atoms with E-state index in [-0.39, 0.29) is 0 Å². The van der Waals surface area contributed by atoms with Crippen molar-refractivity contribution in [3.63, 3.8) is 0 Å². The summed E-state index contributed by atoms with van der Waals surface area (Å²) < 4.78 is 0. The number of aliphatic imine (C=N–C) groups is 1. The summed E-state index contributed by atoms with van der Waals surface area (Å²) in [6.07, 6.45) is 4.98. The lowest BCUT2D eigenvalue weighted by atomic mass is 10.2. The van der Waals surface area contributed by atoms with Gasteiger partial charge in [-0.25, -0.2) is 4.98 Å². The number of nitrogens with one attached hydrogen (secondary N) is 2. The van der Waals surface area contributed by atoms with Crippen molar-refractivity contribution in [1.82, 2.24) is 20.5 Å². The molecule has 1 aliphatic carbocycles. The van der Waals surface area contributed by atoms with E-state index in [0.717, 1.165) is 37.2 Å². The second kappa shape index (κ2) is 6.96. The molecule has 2 heterocycles. The van der Waals surface area contributed by atoms with Crippen LogP contribution in [0.3, 0.4) is 0 Å². The van der Waals surface area contributed by atoms with Gasteiger partial charge < -0.3 is 10.6 Å².